The van der Waals surface area contributed by atoms with Crippen LogP contribution in [0.15, 0.2) is 11.1 Å². The molecule has 1 aliphatic rings. The van der Waals surface area contributed by atoms with Crippen LogP contribution in [-0.4, -0.2) is 24.3 Å². The summed E-state index contributed by atoms with van der Waals surface area (Å²) in [6, 6.07) is 0. The molecule has 1 N–H and O–H groups in total. The summed E-state index contributed by atoms with van der Waals surface area (Å²) in [5.41, 5.74) is 1.78. The van der Waals surface area contributed by atoms with Gasteiger partial charge in [0, 0.05) is 12.2 Å². The molecule has 0 saturated heterocycles. The number of esters is 1. The third-order valence-electron chi connectivity index (χ3n) is 3.50. The molecular weight excluding hydrogens is 192 g/mol. The van der Waals surface area contributed by atoms with Crippen molar-refractivity contribution in [2.24, 2.45) is 11.3 Å². The zero-order valence-corrected chi connectivity index (χ0v) is 9.96. The summed E-state index contributed by atoms with van der Waals surface area (Å²) in [5, 5.41) is 9.12. The van der Waals surface area contributed by atoms with Crippen LogP contribution in [0.25, 0.3) is 0 Å². The summed E-state index contributed by atoms with van der Waals surface area (Å²) in [7, 11) is 0. The van der Waals surface area contributed by atoms with Crippen molar-refractivity contribution in [3.63, 3.8) is 0 Å². The Morgan fingerprint density at radius 2 is 2.20 bits per heavy atom. The molecule has 3 heteroatoms. The van der Waals surface area contributed by atoms with Crippen molar-refractivity contribution in [1.82, 2.24) is 0 Å². The van der Waals surface area contributed by atoms with E-state index in [4.69, 9.17) is 9.84 Å². The first-order valence-corrected chi connectivity index (χ1v) is 5.43. The van der Waals surface area contributed by atoms with E-state index in [0.29, 0.717) is 12.2 Å². The van der Waals surface area contributed by atoms with Gasteiger partial charge in [-0.1, -0.05) is 19.4 Å². The van der Waals surface area contributed by atoms with Gasteiger partial charge < -0.3 is 9.84 Å². The number of hydrogen-bond acceptors (Lipinski definition) is 3. The predicted octanol–water partition coefficient (Wildman–Crippen LogP) is 1.90. The molecule has 0 aliphatic heterocycles. The quantitative estimate of drug-likeness (QED) is 0.574. The van der Waals surface area contributed by atoms with E-state index in [0.717, 1.165) is 12.0 Å². The van der Waals surface area contributed by atoms with Crippen molar-refractivity contribution in [3.05, 3.63) is 11.1 Å². The van der Waals surface area contributed by atoms with Gasteiger partial charge in [0.1, 0.15) is 0 Å². The third kappa shape index (κ3) is 2.07. The highest BCUT2D eigenvalue weighted by molar-refractivity contribution is 5.89. The molecule has 3 nitrogen and oxygen atoms in total. The summed E-state index contributed by atoms with van der Waals surface area (Å²) in [5.74, 6) is 0.0499. The minimum Gasteiger partial charge on any atom is -0.463 e. The highest BCUT2D eigenvalue weighted by Crippen LogP contribution is 2.51. The number of aliphatic hydroxyl groups is 1. The van der Waals surface area contributed by atoms with Crippen LogP contribution in [0.2, 0.25) is 0 Å². The van der Waals surface area contributed by atoms with Gasteiger partial charge in [-0.25, -0.2) is 4.79 Å². The van der Waals surface area contributed by atoms with Gasteiger partial charge in [0.15, 0.2) is 0 Å². The Hall–Kier alpha value is -0.830. The van der Waals surface area contributed by atoms with Crippen molar-refractivity contribution in [1.29, 1.82) is 0 Å². The van der Waals surface area contributed by atoms with Crippen molar-refractivity contribution < 1.29 is 14.6 Å². The molecule has 0 spiro atoms. The lowest BCUT2D eigenvalue weighted by molar-refractivity contribution is -0.138. The minimum absolute atomic E-state index is 0.0639. The molecule has 1 saturated carbocycles. The molecule has 1 rings (SSSR count). The standard InChI is InChI=1S/C12H20O3/c1-5-15-11(14)8(2)10-6-9(7-13)12(10,3)4/h9,13H,5-7H2,1-4H3/b10-8+. The number of carbonyl (C=O) groups excluding carboxylic acids is 1. The van der Waals surface area contributed by atoms with E-state index in [-0.39, 0.29) is 23.9 Å². The van der Waals surface area contributed by atoms with E-state index in [1.54, 1.807) is 6.92 Å². The fourth-order valence-corrected chi connectivity index (χ4v) is 2.17. The van der Waals surface area contributed by atoms with Crippen molar-refractivity contribution in [2.75, 3.05) is 13.2 Å². The number of rotatable bonds is 3. The van der Waals surface area contributed by atoms with E-state index in [9.17, 15) is 4.79 Å². The fourth-order valence-electron chi connectivity index (χ4n) is 2.17. The molecule has 1 atom stereocenters. The lowest BCUT2D eigenvalue weighted by Crippen LogP contribution is -2.41. The Morgan fingerprint density at radius 3 is 2.60 bits per heavy atom. The fraction of sp³-hybridized carbons (Fsp3) is 0.750. The van der Waals surface area contributed by atoms with Crippen molar-refractivity contribution in [3.8, 4) is 0 Å². The maximum absolute atomic E-state index is 11.5. The van der Waals surface area contributed by atoms with E-state index in [1.165, 1.54) is 0 Å². The first-order chi connectivity index (χ1) is 6.95. The molecule has 1 unspecified atom stereocenters. The molecule has 0 radical (unpaired) electrons. The molecule has 0 bridgehead atoms. The van der Waals surface area contributed by atoms with Crippen LogP contribution in [-0.2, 0) is 9.53 Å². The van der Waals surface area contributed by atoms with Gasteiger partial charge in [-0.2, -0.15) is 0 Å². The monoisotopic (exact) mass is 212 g/mol. The van der Waals surface area contributed by atoms with E-state index in [2.05, 4.69) is 13.8 Å². The Labute approximate surface area is 91.1 Å². The van der Waals surface area contributed by atoms with Gasteiger partial charge in [0.25, 0.3) is 0 Å². The van der Waals surface area contributed by atoms with E-state index in [1.807, 2.05) is 6.92 Å². The van der Waals surface area contributed by atoms with Crippen molar-refractivity contribution in [2.45, 2.75) is 34.1 Å². The molecule has 0 aromatic carbocycles. The second-order valence-electron chi connectivity index (χ2n) is 4.63. The minimum atomic E-state index is -0.225. The maximum atomic E-state index is 11.5. The molecule has 86 valence electrons. The number of aliphatic hydroxyl groups excluding tert-OH is 1. The maximum Gasteiger partial charge on any atom is 0.333 e. The predicted molar refractivity (Wildman–Crippen MR) is 58.3 cm³/mol. The summed E-state index contributed by atoms with van der Waals surface area (Å²) >= 11 is 0. The highest BCUT2D eigenvalue weighted by atomic mass is 16.5. The zero-order chi connectivity index (χ0) is 11.6. The largest absolute Gasteiger partial charge is 0.463 e. The SMILES string of the molecule is CCOC(=O)/C(C)=C1\CC(CO)C1(C)C. The molecule has 1 aliphatic carbocycles. The molecule has 0 amide bonds. The molecular formula is C12H20O3. The summed E-state index contributed by atoms with van der Waals surface area (Å²) < 4.78 is 4.96. The number of carbonyl (C=O) groups is 1. The van der Waals surface area contributed by atoms with E-state index < -0.39 is 0 Å². The summed E-state index contributed by atoms with van der Waals surface area (Å²) in [4.78, 5) is 11.5. The molecule has 0 heterocycles. The summed E-state index contributed by atoms with van der Waals surface area (Å²) in [6.45, 7) is 8.34. The number of ether oxygens (including phenoxy) is 1. The van der Waals surface area contributed by atoms with Gasteiger partial charge in [-0.15, -0.1) is 0 Å². The van der Waals surface area contributed by atoms with Gasteiger partial charge in [-0.3, -0.25) is 0 Å². The van der Waals surface area contributed by atoms with Crippen molar-refractivity contribution >= 4 is 5.97 Å². The average molecular weight is 212 g/mol. The molecule has 0 aromatic heterocycles. The Kier molecular flexibility index (Phi) is 3.55. The Bertz CT molecular complexity index is 289. The van der Waals surface area contributed by atoms with Crippen LogP contribution in [0, 0.1) is 11.3 Å². The molecule has 15 heavy (non-hydrogen) atoms. The first kappa shape index (κ1) is 12.2. The smallest absolute Gasteiger partial charge is 0.333 e. The van der Waals surface area contributed by atoms with Crippen LogP contribution >= 0.6 is 0 Å². The molecule has 1 fully saturated rings. The molecule has 0 aromatic rings. The van der Waals surface area contributed by atoms with Gasteiger partial charge in [0.2, 0.25) is 0 Å². The lowest BCUT2D eigenvalue weighted by atomic mass is 9.58. The Balaban J connectivity index is 2.81. The second-order valence-corrected chi connectivity index (χ2v) is 4.63. The van der Waals surface area contributed by atoms with Crippen LogP contribution in [0.3, 0.4) is 0 Å². The third-order valence-corrected chi connectivity index (χ3v) is 3.50. The second kappa shape index (κ2) is 4.35. The van der Waals surface area contributed by atoms with Gasteiger partial charge >= 0.3 is 5.97 Å². The van der Waals surface area contributed by atoms with Gasteiger partial charge in [-0.05, 0) is 31.6 Å². The topological polar surface area (TPSA) is 46.5 Å². The summed E-state index contributed by atoms with van der Waals surface area (Å²) in [6.07, 6.45) is 0.814. The normalized spacial score (nSPS) is 26.9. The Morgan fingerprint density at radius 1 is 1.60 bits per heavy atom. The van der Waals surface area contributed by atoms with Crippen LogP contribution in [0.5, 0.6) is 0 Å². The highest BCUT2D eigenvalue weighted by Gasteiger charge is 2.44. The van der Waals surface area contributed by atoms with Crippen LogP contribution in [0.4, 0.5) is 0 Å². The van der Waals surface area contributed by atoms with Gasteiger partial charge in [0.05, 0.1) is 6.61 Å². The van der Waals surface area contributed by atoms with Crippen LogP contribution < -0.4 is 0 Å². The number of hydrogen-bond donors (Lipinski definition) is 1. The average Bonchev–Trinajstić information content (AvgIpc) is 2.17. The van der Waals surface area contributed by atoms with E-state index >= 15 is 0 Å². The van der Waals surface area contributed by atoms with Crippen LogP contribution in [0.1, 0.15) is 34.1 Å². The first-order valence-electron chi connectivity index (χ1n) is 5.43. The zero-order valence-electron chi connectivity index (χ0n) is 9.96. The number of allylic oxidation sites excluding steroid dienone is 1. The lowest BCUT2D eigenvalue weighted by Gasteiger charge is -2.47.